The van der Waals surface area contributed by atoms with E-state index in [0.29, 0.717) is 23.8 Å². The van der Waals surface area contributed by atoms with Gasteiger partial charge in [-0.25, -0.2) is 9.37 Å². The maximum atomic E-state index is 13.0. The first kappa shape index (κ1) is 14.4. The second-order valence-electron chi connectivity index (χ2n) is 4.20. The van der Waals surface area contributed by atoms with Gasteiger partial charge in [-0.2, -0.15) is 0 Å². The predicted molar refractivity (Wildman–Crippen MR) is 75.3 cm³/mol. The molecule has 1 aromatic carbocycles. The average Bonchev–Trinajstić information content (AvgIpc) is 2.86. The summed E-state index contributed by atoms with van der Waals surface area (Å²) in [5, 5.41) is 14.1. The first-order chi connectivity index (χ1) is 9.56. The van der Waals surface area contributed by atoms with Gasteiger partial charge in [-0.15, -0.1) is 11.3 Å². The number of hydrogen-bond donors (Lipinski definition) is 3. The summed E-state index contributed by atoms with van der Waals surface area (Å²) in [7, 11) is 0. The van der Waals surface area contributed by atoms with Crippen LogP contribution in [-0.4, -0.2) is 22.6 Å². The summed E-state index contributed by atoms with van der Waals surface area (Å²) < 4.78 is 13.0. The number of carbonyl (C=O) groups is 1. The van der Waals surface area contributed by atoms with Crippen LogP contribution in [0.25, 0.3) is 0 Å². The molecule has 0 saturated carbocycles. The zero-order chi connectivity index (χ0) is 14.5. The van der Waals surface area contributed by atoms with Crippen molar-refractivity contribution in [1.29, 1.82) is 0 Å². The van der Waals surface area contributed by atoms with E-state index < -0.39 is 12.0 Å². The first-order valence-corrected chi connectivity index (χ1v) is 6.86. The SMILES string of the molecule is NC(C(=O)O)c1csc(NCCc2cccc(F)c2)n1. The standard InChI is InChI=1S/C13H14FN3O2S/c14-9-3-1-2-8(6-9)4-5-16-13-17-10(7-20-13)11(15)12(18)19/h1-3,6-7,11H,4-5,15H2,(H,16,17)(H,18,19). The zero-order valence-corrected chi connectivity index (χ0v) is 11.4. The molecule has 0 saturated heterocycles. The van der Waals surface area contributed by atoms with Crippen molar-refractivity contribution in [3.63, 3.8) is 0 Å². The second kappa shape index (κ2) is 6.44. The lowest BCUT2D eigenvalue weighted by Gasteiger charge is -2.04. The average molecular weight is 295 g/mol. The number of carboxylic acids is 1. The molecule has 4 N–H and O–H groups in total. The van der Waals surface area contributed by atoms with Crippen molar-refractivity contribution in [2.24, 2.45) is 5.73 Å². The van der Waals surface area contributed by atoms with Crippen LogP contribution in [0, 0.1) is 5.82 Å². The number of thiazole rings is 1. The van der Waals surface area contributed by atoms with Gasteiger partial charge in [0.25, 0.3) is 0 Å². The Morgan fingerprint density at radius 3 is 3.05 bits per heavy atom. The predicted octanol–water partition coefficient (Wildman–Crippen LogP) is 2.02. The molecule has 2 rings (SSSR count). The molecule has 5 nitrogen and oxygen atoms in total. The smallest absolute Gasteiger partial charge is 0.326 e. The van der Waals surface area contributed by atoms with Crippen LogP contribution in [0.15, 0.2) is 29.6 Å². The van der Waals surface area contributed by atoms with Crippen LogP contribution in [0.1, 0.15) is 17.3 Å². The van der Waals surface area contributed by atoms with E-state index in [1.807, 2.05) is 6.07 Å². The Kier molecular flexibility index (Phi) is 4.65. The molecule has 0 aliphatic rings. The highest BCUT2D eigenvalue weighted by atomic mass is 32.1. The van der Waals surface area contributed by atoms with Gasteiger partial charge < -0.3 is 16.2 Å². The van der Waals surface area contributed by atoms with E-state index in [0.717, 1.165) is 5.56 Å². The number of nitrogens with two attached hydrogens (primary N) is 1. The van der Waals surface area contributed by atoms with E-state index in [2.05, 4.69) is 10.3 Å². The molecule has 7 heteroatoms. The van der Waals surface area contributed by atoms with Crippen molar-refractivity contribution >= 4 is 22.4 Å². The molecular weight excluding hydrogens is 281 g/mol. The Bertz CT molecular complexity index is 603. The lowest BCUT2D eigenvalue weighted by Crippen LogP contribution is -2.21. The highest BCUT2D eigenvalue weighted by Crippen LogP contribution is 2.19. The zero-order valence-electron chi connectivity index (χ0n) is 10.5. The third-order valence-electron chi connectivity index (χ3n) is 2.69. The summed E-state index contributed by atoms with van der Waals surface area (Å²) >= 11 is 1.29. The van der Waals surface area contributed by atoms with Crippen molar-refractivity contribution < 1.29 is 14.3 Å². The largest absolute Gasteiger partial charge is 0.480 e. The molecule has 1 heterocycles. The minimum Gasteiger partial charge on any atom is -0.480 e. The third kappa shape index (κ3) is 3.75. The van der Waals surface area contributed by atoms with Crippen LogP contribution in [0.2, 0.25) is 0 Å². The fraction of sp³-hybridized carbons (Fsp3) is 0.231. The number of anilines is 1. The quantitative estimate of drug-likeness (QED) is 0.759. The summed E-state index contributed by atoms with van der Waals surface area (Å²) in [5.41, 5.74) is 6.68. The molecule has 0 fully saturated rings. The molecule has 0 amide bonds. The number of aliphatic carboxylic acids is 1. The van der Waals surface area contributed by atoms with E-state index in [4.69, 9.17) is 10.8 Å². The number of rotatable bonds is 6. The minimum atomic E-state index is -1.11. The van der Waals surface area contributed by atoms with Crippen LogP contribution < -0.4 is 11.1 Å². The van der Waals surface area contributed by atoms with Crippen LogP contribution in [0.5, 0.6) is 0 Å². The lowest BCUT2D eigenvalue weighted by atomic mass is 10.1. The van der Waals surface area contributed by atoms with Gasteiger partial charge in [0, 0.05) is 11.9 Å². The van der Waals surface area contributed by atoms with Crippen LogP contribution in [-0.2, 0) is 11.2 Å². The highest BCUT2D eigenvalue weighted by Gasteiger charge is 2.17. The number of carboxylic acid groups (broad SMARTS) is 1. The fourth-order valence-corrected chi connectivity index (χ4v) is 2.42. The van der Waals surface area contributed by atoms with Gasteiger partial charge in [-0.1, -0.05) is 12.1 Å². The van der Waals surface area contributed by atoms with Crippen LogP contribution in [0.4, 0.5) is 9.52 Å². The molecule has 2 aromatic rings. The molecule has 0 aliphatic carbocycles. The third-order valence-corrected chi connectivity index (χ3v) is 3.50. The Labute approximate surface area is 119 Å². The Hall–Kier alpha value is -1.99. The normalized spacial score (nSPS) is 12.1. The maximum absolute atomic E-state index is 13.0. The van der Waals surface area contributed by atoms with E-state index in [-0.39, 0.29) is 5.82 Å². The highest BCUT2D eigenvalue weighted by molar-refractivity contribution is 7.13. The summed E-state index contributed by atoms with van der Waals surface area (Å²) in [6.45, 7) is 0.582. The summed E-state index contributed by atoms with van der Waals surface area (Å²) in [4.78, 5) is 14.8. The molecule has 20 heavy (non-hydrogen) atoms. The van der Waals surface area contributed by atoms with E-state index in [1.54, 1.807) is 11.4 Å². The number of benzene rings is 1. The van der Waals surface area contributed by atoms with E-state index in [1.165, 1.54) is 23.5 Å². The fourth-order valence-electron chi connectivity index (χ4n) is 1.64. The first-order valence-electron chi connectivity index (χ1n) is 5.98. The van der Waals surface area contributed by atoms with Gasteiger partial charge in [0.15, 0.2) is 5.13 Å². The van der Waals surface area contributed by atoms with E-state index >= 15 is 0 Å². The lowest BCUT2D eigenvalue weighted by molar-refractivity contribution is -0.138. The number of nitrogens with zero attached hydrogens (tertiary/aromatic N) is 1. The Balaban J connectivity index is 1.87. The van der Waals surface area contributed by atoms with Crippen molar-refractivity contribution in [3.05, 3.63) is 46.7 Å². The van der Waals surface area contributed by atoms with Crippen molar-refractivity contribution in [2.75, 3.05) is 11.9 Å². The molecule has 0 radical (unpaired) electrons. The van der Waals surface area contributed by atoms with Gasteiger partial charge in [0.2, 0.25) is 0 Å². The minimum absolute atomic E-state index is 0.258. The van der Waals surface area contributed by atoms with Gasteiger partial charge in [0.1, 0.15) is 11.9 Å². The summed E-state index contributed by atoms with van der Waals surface area (Å²) in [6, 6.07) is 5.29. The van der Waals surface area contributed by atoms with E-state index in [9.17, 15) is 9.18 Å². The van der Waals surface area contributed by atoms with Crippen LogP contribution >= 0.6 is 11.3 Å². The number of hydrogen-bond acceptors (Lipinski definition) is 5. The van der Waals surface area contributed by atoms with Gasteiger partial charge in [0.05, 0.1) is 5.69 Å². The van der Waals surface area contributed by atoms with Crippen molar-refractivity contribution in [3.8, 4) is 0 Å². The molecule has 1 atom stereocenters. The number of halogens is 1. The summed E-state index contributed by atoms with van der Waals surface area (Å²) in [5.74, 6) is -1.37. The molecule has 0 spiro atoms. The van der Waals surface area contributed by atoms with Crippen molar-refractivity contribution in [2.45, 2.75) is 12.5 Å². The molecule has 0 aliphatic heterocycles. The molecular formula is C13H14FN3O2S. The van der Waals surface area contributed by atoms with Crippen LogP contribution in [0.3, 0.4) is 0 Å². The molecule has 106 valence electrons. The van der Waals surface area contributed by atoms with Gasteiger partial charge >= 0.3 is 5.97 Å². The van der Waals surface area contributed by atoms with Gasteiger partial charge in [-0.05, 0) is 24.1 Å². The molecule has 0 bridgehead atoms. The Morgan fingerprint density at radius 1 is 1.55 bits per heavy atom. The maximum Gasteiger partial charge on any atom is 0.326 e. The monoisotopic (exact) mass is 295 g/mol. The number of nitrogens with one attached hydrogen (secondary N) is 1. The topological polar surface area (TPSA) is 88.2 Å². The molecule has 1 aromatic heterocycles. The Morgan fingerprint density at radius 2 is 2.35 bits per heavy atom. The summed E-state index contributed by atoms with van der Waals surface area (Å²) in [6.07, 6.45) is 0.650. The second-order valence-corrected chi connectivity index (χ2v) is 5.06. The van der Waals surface area contributed by atoms with Crippen molar-refractivity contribution in [1.82, 2.24) is 4.98 Å². The van der Waals surface area contributed by atoms with Gasteiger partial charge in [-0.3, -0.25) is 4.79 Å². The number of aromatic nitrogens is 1. The molecule has 1 unspecified atom stereocenters.